The molecule has 4 rings (SSSR count). The molecule has 11 nitrogen and oxygen atoms in total. The Morgan fingerprint density at radius 3 is 2.20 bits per heavy atom. The molecule has 0 spiro atoms. The van der Waals surface area contributed by atoms with Crippen LogP contribution in [-0.2, 0) is 33.2 Å². The first-order chi connectivity index (χ1) is 20.1. The zero-order valence-electron chi connectivity index (χ0n) is 23.8. The first-order valence-corrected chi connectivity index (χ1v) is 14.4. The van der Waals surface area contributed by atoms with E-state index in [9.17, 15) is 9.59 Å². The topological polar surface area (TPSA) is 118 Å². The molecule has 0 aliphatic carbocycles. The van der Waals surface area contributed by atoms with Gasteiger partial charge in [0.05, 0.1) is 65.0 Å². The van der Waals surface area contributed by atoms with Gasteiger partial charge in [-0.3, -0.25) is 14.2 Å². The molecule has 2 aliphatic rings. The summed E-state index contributed by atoms with van der Waals surface area (Å²) in [4.78, 5) is 27.9. The molecule has 1 saturated heterocycles. The Hall–Kier alpha value is -2.80. The fourth-order valence-corrected chi connectivity index (χ4v) is 4.90. The van der Waals surface area contributed by atoms with E-state index in [2.05, 4.69) is 0 Å². The number of para-hydroxylation sites is 1. The standard InChI is InChI=1S/C30H42N2O9/c1-23(34)32-22-26(25-6-2-3-7-27(25)32)24-20-28(41-29(21-24)40-11-5-4-10-33)30(35)31-8-12-36-14-16-38-18-19-39-17-15-37-13-9-31/h2-3,6-7,20,22,24,29,33H,4-5,8-19,21H2,1H3. The average Bonchev–Trinajstić information content (AvgIpc) is 3.37. The second-order valence-electron chi connectivity index (χ2n) is 9.95. The molecule has 11 heteroatoms. The maximum absolute atomic E-state index is 13.8. The molecule has 1 N–H and O–H groups in total. The Labute approximate surface area is 240 Å². The number of aliphatic hydroxyl groups is 1. The lowest BCUT2D eigenvalue weighted by molar-refractivity contribution is -0.153. The number of hydrogen-bond acceptors (Lipinski definition) is 9. The first kappa shape index (κ1) is 31.1. The number of amides is 1. The third kappa shape index (κ3) is 9.09. The van der Waals surface area contributed by atoms with Gasteiger partial charge in [-0.05, 0) is 30.5 Å². The SMILES string of the molecule is CC(=O)n1cc(C2C=C(C(=O)N3CCOCCOCCOCCOCC3)OC(OCCCCO)C2)c2ccccc21. The van der Waals surface area contributed by atoms with Crippen LogP contribution in [-0.4, -0.2) is 112 Å². The van der Waals surface area contributed by atoms with Crippen molar-refractivity contribution in [3.05, 3.63) is 47.9 Å². The molecule has 0 bridgehead atoms. The lowest BCUT2D eigenvalue weighted by Gasteiger charge is -2.31. The van der Waals surface area contributed by atoms with Gasteiger partial charge in [0.1, 0.15) is 0 Å². The maximum Gasteiger partial charge on any atom is 0.288 e. The van der Waals surface area contributed by atoms with Crippen molar-refractivity contribution in [3.63, 3.8) is 0 Å². The third-order valence-corrected chi connectivity index (χ3v) is 7.02. The van der Waals surface area contributed by atoms with E-state index in [4.69, 9.17) is 33.5 Å². The van der Waals surface area contributed by atoms with Crippen LogP contribution < -0.4 is 0 Å². The molecule has 0 saturated carbocycles. The van der Waals surface area contributed by atoms with Crippen LogP contribution in [0.2, 0.25) is 0 Å². The predicted octanol–water partition coefficient (Wildman–Crippen LogP) is 2.71. The zero-order valence-corrected chi connectivity index (χ0v) is 23.8. The van der Waals surface area contributed by atoms with Gasteiger partial charge in [0.15, 0.2) is 5.76 Å². The number of unbranched alkanes of at least 4 members (excludes halogenated alkanes) is 1. The second-order valence-corrected chi connectivity index (χ2v) is 9.95. The van der Waals surface area contributed by atoms with Gasteiger partial charge in [0.25, 0.3) is 5.91 Å². The molecule has 41 heavy (non-hydrogen) atoms. The van der Waals surface area contributed by atoms with E-state index < -0.39 is 6.29 Å². The second kappa shape index (κ2) is 16.6. The van der Waals surface area contributed by atoms with E-state index >= 15 is 0 Å². The first-order valence-electron chi connectivity index (χ1n) is 14.4. The summed E-state index contributed by atoms with van der Waals surface area (Å²) in [6.45, 7) is 6.14. The Kier molecular flexibility index (Phi) is 12.6. The lowest BCUT2D eigenvalue weighted by atomic mass is 9.92. The predicted molar refractivity (Wildman–Crippen MR) is 151 cm³/mol. The minimum atomic E-state index is -0.660. The van der Waals surface area contributed by atoms with Crippen molar-refractivity contribution >= 4 is 22.7 Å². The average molecular weight is 575 g/mol. The summed E-state index contributed by atoms with van der Waals surface area (Å²) >= 11 is 0. The molecule has 226 valence electrons. The van der Waals surface area contributed by atoms with E-state index in [1.165, 1.54) is 6.92 Å². The Bertz CT molecular complexity index is 1130. The Morgan fingerprint density at radius 2 is 1.56 bits per heavy atom. The van der Waals surface area contributed by atoms with E-state index in [0.29, 0.717) is 91.8 Å². The number of ether oxygens (including phenoxy) is 6. The van der Waals surface area contributed by atoms with Crippen molar-refractivity contribution < 1.29 is 43.1 Å². The highest BCUT2D eigenvalue weighted by Crippen LogP contribution is 2.37. The number of aromatic nitrogens is 1. The van der Waals surface area contributed by atoms with Gasteiger partial charge >= 0.3 is 0 Å². The van der Waals surface area contributed by atoms with Crippen LogP contribution in [0.4, 0.5) is 0 Å². The smallest absolute Gasteiger partial charge is 0.288 e. The largest absolute Gasteiger partial charge is 0.459 e. The van der Waals surface area contributed by atoms with Crippen molar-refractivity contribution in [3.8, 4) is 0 Å². The molecule has 1 aromatic heterocycles. The van der Waals surface area contributed by atoms with Crippen molar-refractivity contribution in [1.29, 1.82) is 0 Å². The molecule has 2 unspecified atom stereocenters. The van der Waals surface area contributed by atoms with Crippen LogP contribution >= 0.6 is 0 Å². The molecule has 2 aromatic rings. The highest BCUT2D eigenvalue weighted by atomic mass is 16.7. The minimum Gasteiger partial charge on any atom is -0.459 e. The molecule has 0 radical (unpaired) electrons. The number of carbonyl (C=O) groups excluding carboxylic acids is 2. The summed E-state index contributed by atoms with van der Waals surface area (Å²) in [5, 5.41) is 10.1. The minimum absolute atomic E-state index is 0.0864. The molecular weight excluding hydrogens is 532 g/mol. The third-order valence-electron chi connectivity index (χ3n) is 7.02. The van der Waals surface area contributed by atoms with Gasteiger partial charge in [-0.1, -0.05) is 18.2 Å². The van der Waals surface area contributed by atoms with Crippen LogP contribution in [0.25, 0.3) is 10.9 Å². The fourth-order valence-electron chi connectivity index (χ4n) is 4.90. The van der Waals surface area contributed by atoms with Gasteiger partial charge in [-0.25, -0.2) is 0 Å². The number of nitrogens with zero attached hydrogens (tertiary/aromatic N) is 2. The molecule has 1 amide bonds. The van der Waals surface area contributed by atoms with E-state index in [-0.39, 0.29) is 30.1 Å². The maximum atomic E-state index is 13.8. The van der Waals surface area contributed by atoms with Crippen LogP contribution in [0.15, 0.2) is 42.3 Å². The molecule has 2 atom stereocenters. The van der Waals surface area contributed by atoms with Crippen molar-refractivity contribution in [2.45, 2.75) is 38.4 Å². The number of hydrogen-bond donors (Lipinski definition) is 1. The Balaban J connectivity index is 1.56. The number of carbonyl (C=O) groups is 2. The number of fused-ring (bicyclic) bond motifs is 1. The summed E-state index contributed by atoms with van der Waals surface area (Å²) in [6.07, 6.45) is 4.79. The van der Waals surface area contributed by atoms with Crippen LogP contribution in [0, 0.1) is 0 Å². The quantitative estimate of drug-likeness (QED) is 0.498. The van der Waals surface area contributed by atoms with Crippen LogP contribution in [0.3, 0.4) is 0 Å². The summed E-state index contributed by atoms with van der Waals surface area (Å²) in [6, 6.07) is 7.74. The summed E-state index contributed by atoms with van der Waals surface area (Å²) in [5.74, 6) is -0.397. The van der Waals surface area contributed by atoms with Gasteiger partial charge in [-0.15, -0.1) is 0 Å². The van der Waals surface area contributed by atoms with Crippen molar-refractivity contribution in [2.24, 2.45) is 0 Å². The number of aliphatic hydroxyl groups excluding tert-OH is 1. The van der Waals surface area contributed by atoms with Gasteiger partial charge in [0, 0.05) is 50.5 Å². The van der Waals surface area contributed by atoms with E-state index in [1.54, 1.807) is 9.47 Å². The molecule has 2 aliphatic heterocycles. The molecular formula is C30H42N2O9. The highest BCUT2D eigenvalue weighted by Gasteiger charge is 2.32. The molecule has 3 heterocycles. The van der Waals surface area contributed by atoms with Crippen molar-refractivity contribution in [1.82, 2.24) is 9.47 Å². The number of benzene rings is 1. The van der Waals surface area contributed by atoms with Gasteiger partial charge in [-0.2, -0.15) is 0 Å². The number of allylic oxidation sites excluding steroid dienone is 1. The summed E-state index contributed by atoms with van der Waals surface area (Å²) in [7, 11) is 0. The lowest BCUT2D eigenvalue weighted by Crippen LogP contribution is -2.40. The number of rotatable bonds is 7. The van der Waals surface area contributed by atoms with Gasteiger partial charge in [0.2, 0.25) is 12.2 Å². The van der Waals surface area contributed by atoms with E-state index in [1.807, 2.05) is 36.5 Å². The fraction of sp³-hybridized carbons (Fsp3) is 0.600. The summed E-state index contributed by atoms with van der Waals surface area (Å²) < 4.78 is 36.1. The van der Waals surface area contributed by atoms with Crippen LogP contribution in [0.5, 0.6) is 0 Å². The zero-order chi connectivity index (χ0) is 28.9. The molecule has 1 fully saturated rings. The highest BCUT2D eigenvalue weighted by molar-refractivity contribution is 5.95. The summed E-state index contributed by atoms with van der Waals surface area (Å²) in [5.41, 5.74) is 1.74. The van der Waals surface area contributed by atoms with Gasteiger partial charge < -0.3 is 38.4 Å². The normalized spacial score (nSPS) is 21.9. The Morgan fingerprint density at radius 1 is 0.927 bits per heavy atom. The van der Waals surface area contributed by atoms with Crippen LogP contribution in [0.1, 0.15) is 42.5 Å². The van der Waals surface area contributed by atoms with E-state index in [0.717, 1.165) is 16.5 Å². The monoisotopic (exact) mass is 574 g/mol. The molecule has 1 aromatic carbocycles. The van der Waals surface area contributed by atoms with Crippen molar-refractivity contribution in [2.75, 3.05) is 79.2 Å².